The van der Waals surface area contributed by atoms with Gasteiger partial charge in [0.1, 0.15) is 0 Å². The van der Waals surface area contributed by atoms with Gasteiger partial charge in [-0.3, -0.25) is 9.48 Å². The van der Waals surface area contributed by atoms with E-state index in [9.17, 15) is 13.2 Å². The van der Waals surface area contributed by atoms with E-state index >= 15 is 0 Å². The van der Waals surface area contributed by atoms with Gasteiger partial charge in [0.05, 0.1) is 16.8 Å². The maximum Gasteiger partial charge on any atom is 0.303 e. The average molecular weight is 308 g/mol. The van der Waals surface area contributed by atoms with E-state index in [0.717, 1.165) is 5.56 Å². The highest BCUT2D eigenvalue weighted by atomic mass is 32.2. The SMILES string of the molecule is Cn1cc(CS(=O)(=O)c2ccc(CCC(=O)O)cc2)cn1. The van der Waals surface area contributed by atoms with Crippen molar-refractivity contribution in [2.24, 2.45) is 7.05 Å². The van der Waals surface area contributed by atoms with E-state index in [1.54, 1.807) is 30.1 Å². The maximum absolute atomic E-state index is 12.3. The van der Waals surface area contributed by atoms with Crippen LogP contribution >= 0.6 is 0 Å². The fourth-order valence-electron chi connectivity index (χ4n) is 1.96. The highest BCUT2D eigenvalue weighted by molar-refractivity contribution is 7.90. The van der Waals surface area contributed by atoms with Gasteiger partial charge in [-0.25, -0.2) is 8.42 Å². The van der Waals surface area contributed by atoms with Crippen molar-refractivity contribution in [3.05, 3.63) is 47.8 Å². The molecule has 21 heavy (non-hydrogen) atoms. The molecule has 0 radical (unpaired) electrons. The molecule has 1 heterocycles. The molecule has 0 saturated heterocycles. The van der Waals surface area contributed by atoms with Crippen LogP contribution in [-0.2, 0) is 33.9 Å². The van der Waals surface area contributed by atoms with Gasteiger partial charge in [0.2, 0.25) is 0 Å². The zero-order chi connectivity index (χ0) is 15.5. The molecule has 0 saturated carbocycles. The highest BCUT2D eigenvalue weighted by Crippen LogP contribution is 2.17. The molecule has 1 aromatic heterocycles. The second-order valence-electron chi connectivity index (χ2n) is 4.82. The van der Waals surface area contributed by atoms with Crippen LogP contribution in [0.1, 0.15) is 17.5 Å². The lowest BCUT2D eigenvalue weighted by Gasteiger charge is -2.04. The molecule has 0 amide bonds. The van der Waals surface area contributed by atoms with Gasteiger partial charge in [0, 0.05) is 25.2 Å². The summed E-state index contributed by atoms with van der Waals surface area (Å²) >= 11 is 0. The Morgan fingerprint density at radius 3 is 2.43 bits per heavy atom. The topological polar surface area (TPSA) is 89.3 Å². The zero-order valence-corrected chi connectivity index (χ0v) is 12.4. The molecule has 6 nitrogen and oxygen atoms in total. The summed E-state index contributed by atoms with van der Waals surface area (Å²) in [6.45, 7) is 0. The predicted octanol–water partition coefficient (Wildman–Crippen LogP) is 1.41. The first kappa shape index (κ1) is 15.2. The van der Waals surface area contributed by atoms with E-state index in [4.69, 9.17) is 5.11 Å². The summed E-state index contributed by atoms with van der Waals surface area (Å²) in [7, 11) is -1.69. The number of carboxylic acid groups (broad SMARTS) is 1. The van der Waals surface area contributed by atoms with Crippen LogP contribution in [0.2, 0.25) is 0 Å². The van der Waals surface area contributed by atoms with E-state index in [1.807, 2.05) is 0 Å². The minimum absolute atomic E-state index is 0.0295. The third-order valence-corrected chi connectivity index (χ3v) is 4.73. The fourth-order valence-corrected chi connectivity index (χ4v) is 3.27. The molecule has 0 aliphatic heterocycles. The third kappa shape index (κ3) is 4.16. The third-order valence-electron chi connectivity index (χ3n) is 3.03. The fraction of sp³-hybridized carbons (Fsp3) is 0.286. The zero-order valence-electron chi connectivity index (χ0n) is 11.6. The number of carboxylic acids is 1. The second-order valence-corrected chi connectivity index (χ2v) is 6.81. The molecule has 112 valence electrons. The van der Waals surface area contributed by atoms with E-state index < -0.39 is 15.8 Å². The predicted molar refractivity (Wildman–Crippen MR) is 76.5 cm³/mol. The van der Waals surface area contributed by atoms with Crippen LogP contribution in [-0.4, -0.2) is 29.3 Å². The van der Waals surface area contributed by atoms with Crippen molar-refractivity contribution in [2.45, 2.75) is 23.5 Å². The smallest absolute Gasteiger partial charge is 0.303 e. The first-order valence-corrected chi connectivity index (χ1v) is 8.03. The summed E-state index contributed by atoms with van der Waals surface area (Å²) in [4.78, 5) is 10.7. The number of nitrogens with zero attached hydrogens (tertiary/aromatic N) is 2. The number of carbonyl (C=O) groups is 1. The number of sulfone groups is 1. The average Bonchev–Trinajstić information content (AvgIpc) is 2.81. The maximum atomic E-state index is 12.3. The highest BCUT2D eigenvalue weighted by Gasteiger charge is 2.16. The molecule has 0 atom stereocenters. The minimum Gasteiger partial charge on any atom is -0.481 e. The van der Waals surface area contributed by atoms with Gasteiger partial charge < -0.3 is 5.11 Å². The number of rotatable bonds is 6. The number of aliphatic carboxylic acids is 1. The lowest BCUT2D eigenvalue weighted by Crippen LogP contribution is -2.05. The van der Waals surface area contributed by atoms with E-state index in [-0.39, 0.29) is 17.1 Å². The molecule has 0 spiro atoms. The molecule has 0 aliphatic carbocycles. The summed E-state index contributed by atoms with van der Waals surface area (Å²) in [5.74, 6) is -0.974. The van der Waals surface area contributed by atoms with Crippen LogP contribution in [0, 0.1) is 0 Å². The summed E-state index contributed by atoms with van der Waals surface area (Å²) < 4.78 is 26.1. The number of hydrogen-bond donors (Lipinski definition) is 1. The van der Waals surface area contributed by atoms with Gasteiger partial charge in [0.15, 0.2) is 9.84 Å². The Morgan fingerprint density at radius 1 is 1.24 bits per heavy atom. The Balaban J connectivity index is 2.11. The Labute approximate surface area is 123 Å². The molecular weight excluding hydrogens is 292 g/mol. The summed E-state index contributed by atoms with van der Waals surface area (Å²) in [5.41, 5.74) is 1.44. The monoisotopic (exact) mass is 308 g/mol. The Hall–Kier alpha value is -2.15. The lowest BCUT2D eigenvalue weighted by molar-refractivity contribution is -0.136. The molecule has 0 aliphatic rings. The van der Waals surface area contributed by atoms with E-state index in [0.29, 0.717) is 12.0 Å². The molecule has 2 rings (SSSR count). The van der Waals surface area contributed by atoms with Crippen molar-refractivity contribution in [2.75, 3.05) is 0 Å². The molecular formula is C14H16N2O4S. The van der Waals surface area contributed by atoms with Gasteiger partial charge in [-0.15, -0.1) is 0 Å². The van der Waals surface area contributed by atoms with Gasteiger partial charge >= 0.3 is 5.97 Å². The number of aryl methyl sites for hydroxylation is 2. The van der Waals surface area contributed by atoms with Crippen LogP contribution in [0.4, 0.5) is 0 Å². The van der Waals surface area contributed by atoms with Crippen molar-refractivity contribution < 1.29 is 18.3 Å². The van der Waals surface area contributed by atoms with Crippen molar-refractivity contribution in [1.29, 1.82) is 0 Å². The Bertz CT molecular complexity index is 733. The number of aromatic nitrogens is 2. The molecule has 0 unspecified atom stereocenters. The van der Waals surface area contributed by atoms with Gasteiger partial charge in [-0.2, -0.15) is 5.10 Å². The molecule has 1 aromatic carbocycles. The Kier molecular flexibility index (Phi) is 4.42. The minimum atomic E-state index is -3.42. The molecule has 2 aromatic rings. The summed E-state index contributed by atoms with van der Waals surface area (Å²) in [6.07, 6.45) is 3.61. The van der Waals surface area contributed by atoms with Gasteiger partial charge in [-0.1, -0.05) is 12.1 Å². The molecule has 0 bridgehead atoms. The Morgan fingerprint density at radius 2 is 1.90 bits per heavy atom. The van der Waals surface area contributed by atoms with Crippen LogP contribution in [0.5, 0.6) is 0 Å². The van der Waals surface area contributed by atoms with Crippen molar-refractivity contribution >= 4 is 15.8 Å². The number of hydrogen-bond acceptors (Lipinski definition) is 4. The van der Waals surface area contributed by atoms with Crippen molar-refractivity contribution in [3.63, 3.8) is 0 Å². The standard InChI is InChI=1S/C14H16N2O4S/c1-16-9-12(8-15-16)10-21(19,20)13-5-2-11(3-6-13)4-7-14(17)18/h2-3,5-6,8-9H,4,7,10H2,1H3,(H,17,18). The van der Waals surface area contributed by atoms with Crippen molar-refractivity contribution in [1.82, 2.24) is 9.78 Å². The summed E-state index contributed by atoms with van der Waals surface area (Å²) in [5, 5.41) is 12.6. The first-order chi connectivity index (χ1) is 9.87. The normalized spacial score (nSPS) is 11.5. The quantitative estimate of drug-likeness (QED) is 0.871. The van der Waals surface area contributed by atoms with Crippen molar-refractivity contribution in [3.8, 4) is 0 Å². The molecule has 0 fully saturated rings. The lowest BCUT2D eigenvalue weighted by atomic mass is 10.1. The van der Waals surface area contributed by atoms with Crippen LogP contribution in [0.15, 0.2) is 41.6 Å². The van der Waals surface area contributed by atoms with E-state index in [1.165, 1.54) is 18.3 Å². The number of benzene rings is 1. The van der Waals surface area contributed by atoms with Gasteiger partial charge in [0.25, 0.3) is 0 Å². The first-order valence-electron chi connectivity index (χ1n) is 6.38. The summed E-state index contributed by atoms with van der Waals surface area (Å²) in [6, 6.07) is 6.34. The van der Waals surface area contributed by atoms with Crippen LogP contribution < -0.4 is 0 Å². The van der Waals surface area contributed by atoms with Crippen LogP contribution in [0.25, 0.3) is 0 Å². The van der Waals surface area contributed by atoms with Crippen LogP contribution in [0.3, 0.4) is 0 Å². The largest absolute Gasteiger partial charge is 0.481 e. The van der Waals surface area contributed by atoms with Gasteiger partial charge in [-0.05, 0) is 24.1 Å². The second kappa shape index (κ2) is 6.09. The van der Waals surface area contributed by atoms with E-state index in [2.05, 4.69) is 5.10 Å². The molecule has 1 N–H and O–H groups in total. The molecule has 7 heteroatoms.